The van der Waals surface area contributed by atoms with Crippen LogP contribution in [0.15, 0.2) is 28.7 Å². The van der Waals surface area contributed by atoms with E-state index in [0.29, 0.717) is 5.89 Å². The molecule has 0 fully saturated rings. The van der Waals surface area contributed by atoms with Gasteiger partial charge in [0.2, 0.25) is 0 Å². The SMILES string of the molecule is Cc1nc2cc(/C=C/CCC(C)(C)N)ccc2o1. The van der Waals surface area contributed by atoms with Gasteiger partial charge in [-0.1, -0.05) is 18.2 Å². The number of nitrogens with zero attached hydrogens (tertiary/aromatic N) is 1. The fraction of sp³-hybridized carbons (Fsp3) is 0.400. The Bertz CT molecular complexity index is 561. The van der Waals surface area contributed by atoms with Gasteiger partial charge in [0.25, 0.3) is 0 Å². The van der Waals surface area contributed by atoms with Gasteiger partial charge in [0.1, 0.15) is 5.52 Å². The molecule has 0 saturated heterocycles. The molecule has 0 saturated carbocycles. The second kappa shape index (κ2) is 4.94. The Morgan fingerprint density at radius 1 is 1.39 bits per heavy atom. The summed E-state index contributed by atoms with van der Waals surface area (Å²) in [6.07, 6.45) is 6.23. The largest absolute Gasteiger partial charge is 0.441 e. The van der Waals surface area contributed by atoms with E-state index in [1.807, 2.05) is 39.0 Å². The topological polar surface area (TPSA) is 52.0 Å². The van der Waals surface area contributed by atoms with Crippen molar-refractivity contribution in [3.63, 3.8) is 0 Å². The molecule has 1 aromatic carbocycles. The molecule has 3 nitrogen and oxygen atoms in total. The van der Waals surface area contributed by atoms with Crippen molar-refractivity contribution in [2.75, 3.05) is 0 Å². The maximum Gasteiger partial charge on any atom is 0.192 e. The van der Waals surface area contributed by atoms with Crippen LogP contribution >= 0.6 is 0 Å². The first-order valence-electron chi connectivity index (χ1n) is 6.27. The standard InChI is InChI=1S/C15H20N2O/c1-11-17-13-10-12(7-8-14(13)18-11)6-4-5-9-15(2,3)16/h4,6-8,10H,5,9,16H2,1-3H3/b6-4+. The fourth-order valence-corrected chi connectivity index (χ4v) is 1.84. The number of aromatic nitrogens is 1. The summed E-state index contributed by atoms with van der Waals surface area (Å²) in [7, 11) is 0. The average Bonchev–Trinajstić information content (AvgIpc) is 2.62. The summed E-state index contributed by atoms with van der Waals surface area (Å²) in [4.78, 5) is 4.32. The molecule has 0 aliphatic rings. The Hall–Kier alpha value is -1.61. The molecule has 0 aliphatic carbocycles. The highest BCUT2D eigenvalue weighted by Gasteiger charge is 2.07. The quantitative estimate of drug-likeness (QED) is 0.892. The van der Waals surface area contributed by atoms with E-state index in [4.69, 9.17) is 10.2 Å². The molecule has 18 heavy (non-hydrogen) atoms. The molecular weight excluding hydrogens is 224 g/mol. The molecule has 2 aromatic rings. The summed E-state index contributed by atoms with van der Waals surface area (Å²) in [5.74, 6) is 0.705. The van der Waals surface area contributed by atoms with Crippen LogP contribution in [0.2, 0.25) is 0 Å². The van der Waals surface area contributed by atoms with Gasteiger partial charge in [-0.2, -0.15) is 0 Å². The van der Waals surface area contributed by atoms with Gasteiger partial charge in [-0.25, -0.2) is 4.98 Å². The first-order valence-corrected chi connectivity index (χ1v) is 6.27. The number of allylic oxidation sites excluding steroid dienone is 1. The zero-order chi connectivity index (χ0) is 13.2. The first kappa shape index (κ1) is 12.8. The smallest absolute Gasteiger partial charge is 0.192 e. The van der Waals surface area contributed by atoms with E-state index < -0.39 is 0 Å². The summed E-state index contributed by atoms with van der Waals surface area (Å²) < 4.78 is 5.44. The molecule has 96 valence electrons. The van der Waals surface area contributed by atoms with Crippen LogP contribution < -0.4 is 5.73 Å². The second-order valence-electron chi connectivity index (χ2n) is 5.39. The summed E-state index contributed by atoms with van der Waals surface area (Å²) in [5, 5.41) is 0. The van der Waals surface area contributed by atoms with Crippen LogP contribution in [0.25, 0.3) is 17.2 Å². The van der Waals surface area contributed by atoms with Crippen LogP contribution in [-0.4, -0.2) is 10.5 Å². The number of aryl methyl sites for hydroxylation is 1. The van der Waals surface area contributed by atoms with Gasteiger partial charge in [-0.05, 0) is 44.4 Å². The molecule has 2 N–H and O–H groups in total. The van der Waals surface area contributed by atoms with Crippen molar-refractivity contribution < 1.29 is 4.42 Å². The van der Waals surface area contributed by atoms with Gasteiger partial charge in [0.05, 0.1) is 0 Å². The minimum Gasteiger partial charge on any atom is -0.441 e. The molecule has 1 heterocycles. The zero-order valence-corrected chi connectivity index (χ0v) is 11.2. The number of fused-ring (bicyclic) bond motifs is 1. The van der Waals surface area contributed by atoms with Crippen molar-refractivity contribution >= 4 is 17.2 Å². The van der Waals surface area contributed by atoms with E-state index in [1.165, 1.54) is 0 Å². The number of rotatable bonds is 4. The Morgan fingerprint density at radius 3 is 2.89 bits per heavy atom. The minimum atomic E-state index is -0.0997. The van der Waals surface area contributed by atoms with Crippen LogP contribution in [0, 0.1) is 6.92 Å². The molecule has 0 radical (unpaired) electrons. The average molecular weight is 244 g/mol. The van der Waals surface area contributed by atoms with Crippen molar-refractivity contribution in [1.29, 1.82) is 0 Å². The predicted molar refractivity (Wildman–Crippen MR) is 75.3 cm³/mol. The molecule has 0 unspecified atom stereocenters. The molecule has 0 atom stereocenters. The molecule has 0 amide bonds. The van der Waals surface area contributed by atoms with Crippen LogP contribution in [-0.2, 0) is 0 Å². The Kier molecular flexibility index (Phi) is 3.53. The van der Waals surface area contributed by atoms with Gasteiger partial charge >= 0.3 is 0 Å². The van der Waals surface area contributed by atoms with E-state index in [-0.39, 0.29) is 5.54 Å². The Labute approximate surface area is 108 Å². The van der Waals surface area contributed by atoms with Gasteiger partial charge < -0.3 is 10.2 Å². The monoisotopic (exact) mass is 244 g/mol. The number of benzene rings is 1. The zero-order valence-electron chi connectivity index (χ0n) is 11.2. The summed E-state index contributed by atoms with van der Waals surface area (Å²) in [6.45, 7) is 5.95. The highest BCUT2D eigenvalue weighted by atomic mass is 16.3. The highest BCUT2D eigenvalue weighted by Crippen LogP contribution is 2.18. The molecule has 1 aromatic heterocycles. The summed E-state index contributed by atoms with van der Waals surface area (Å²) in [6, 6.07) is 6.04. The lowest BCUT2D eigenvalue weighted by Crippen LogP contribution is -2.31. The maximum atomic E-state index is 5.94. The van der Waals surface area contributed by atoms with Gasteiger partial charge in [0, 0.05) is 12.5 Å². The Balaban J connectivity index is 2.05. The van der Waals surface area contributed by atoms with E-state index in [9.17, 15) is 0 Å². The van der Waals surface area contributed by atoms with E-state index in [1.54, 1.807) is 0 Å². The molecule has 0 bridgehead atoms. The normalized spacial score (nSPS) is 12.7. The van der Waals surface area contributed by atoms with Crippen LogP contribution in [0.3, 0.4) is 0 Å². The lowest BCUT2D eigenvalue weighted by atomic mass is 10.00. The number of hydrogen-bond acceptors (Lipinski definition) is 3. The second-order valence-corrected chi connectivity index (χ2v) is 5.39. The maximum absolute atomic E-state index is 5.94. The first-order chi connectivity index (χ1) is 8.44. The minimum absolute atomic E-state index is 0.0997. The summed E-state index contributed by atoms with van der Waals surface area (Å²) >= 11 is 0. The van der Waals surface area contributed by atoms with Crippen molar-refractivity contribution in [2.45, 2.75) is 39.2 Å². The van der Waals surface area contributed by atoms with E-state index in [0.717, 1.165) is 29.5 Å². The fourth-order valence-electron chi connectivity index (χ4n) is 1.84. The molecular formula is C15H20N2O. The number of oxazole rings is 1. The number of nitrogens with two attached hydrogens (primary N) is 1. The number of hydrogen-bond donors (Lipinski definition) is 1. The molecule has 3 heteroatoms. The van der Waals surface area contributed by atoms with Crippen molar-refractivity contribution in [3.8, 4) is 0 Å². The third-order valence-corrected chi connectivity index (χ3v) is 2.78. The van der Waals surface area contributed by atoms with Gasteiger partial charge in [-0.15, -0.1) is 0 Å². The third-order valence-electron chi connectivity index (χ3n) is 2.78. The molecule has 0 spiro atoms. The van der Waals surface area contributed by atoms with Gasteiger partial charge in [0.15, 0.2) is 11.5 Å². The van der Waals surface area contributed by atoms with Crippen molar-refractivity contribution in [1.82, 2.24) is 4.98 Å². The van der Waals surface area contributed by atoms with Crippen LogP contribution in [0.5, 0.6) is 0 Å². The van der Waals surface area contributed by atoms with Gasteiger partial charge in [-0.3, -0.25) is 0 Å². The summed E-state index contributed by atoms with van der Waals surface area (Å²) in [5.41, 5.74) is 8.73. The van der Waals surface area contributed by atoms with E-state index >= 15 is 0 Å². The molecule has 2 rings (SSSR count). The van der Waals surface area contributed by atoms with E-state index in [2.05, 4.69) is 17.1 Å². The predicted octanol–water partition coefficient (Wildman–Crippen LogP) is 3.67. The highest BCUT2D eigenvalue weighted by molar-refractivity contribution is 5.76. The van der Waals surface area contributed by atoms with Crippen LogP contribution in [0.4, 0.5) is 0 Å². The van der Waals surface area contributed by atoms with Crippen LogP contribution in [0.1, 0.15) is 38.1 Å². The lowest BCUT2D eigenvalue weighted by molar-refractivity contribution is 0.482. The third kappa shape index (κ3) is 3.44. The van der Waals surface area contributed by atoms with Crippen molar-refractivity contribution in [2.24, 2.45) is 5.73 Å². The Morgan fingerprint density at radius 2 is 2.17 bits per heavy atom. The molecule has 0 aliphatic heterocycles. The lowest BCUT2D eigenvalue weighted by Gasteiger charge is -2.16. The van der Waals surface area contributed by atoms with Crippen molar-refractivity contribution in [3.05, 3.63) is 35.7 Å².